The van der Waals surface area contributed by atoms with E-state index in [1.54, 1.807) is 11.0 Å². The molecule has 4 nitrogen and oxygen atoms in total. The zero-order chi connectivity index (χ0) is 11.7. The van der Waals surface area contributed by atoms with E-state index in [9.17, 15) is 4.79 Å². The molecule has 16 heavy (non-hydrogen) atoms. The SMILES string of the molecule is Nc1ncc(Cl)cc1N1CC(CCl)CC1=O. The normalized spacial score (nSPS) is 20.5. The van der Waals surface area contributed by atoms with Crippen LogP contribution in [0, 0.1) is 5.92 Å². The predicted molar refractivity (Wildman–Crippen MR) is 64.8 cm³/mol. The largest absolute Gasteiger partial charge is 0.382 e. The molecule has 0 saturated carbocycles. The van der Waals surface area contributed by atoms with E-state index in [1.807, 2.05) is 0 Å². The minimum atomic E-state index is 0.0152. The van der Waals surface area contributed by atoms with Crippen molar-refractivity contribution in [1.29, 1.82) is 0 Å². The van der Waals surface area contributed by atoms with Gasteiger partial charge >= 0.3 is 0 Å². The van der Waals surface area contributed by atoms with Gasteiger partial charge in [-0.05, 0) is 12.0 Å². The number of rotatable bonds is 2. The summed E-state index contributed by atoms with van der Waals surface area (Å²) in [5.74, 6) is 0.970. The third kappa shape index (κ3) is 2.08. The van der Waals surface area contributed by atoms with Crippen molar-refractivity contribution in [1.82, 2.24) is 4.98 Å². The Hall–Kier alpha value is -1.00. The van der Waals surface area contributed by atoms with Crippen LogP contribution in [0.5, 0.6) is 0 Å². The van der Waals surface area contributed by atoms with Crippen LogP contribution in [0.25, 0.3) is 0 Å². The highest BCUT2D eigenvalue weighted by molar-refractivity contribution is 6.31. The molecule has 1 aliphatic rings. The molecule has 2 heterocycles. The fourth-order valence-electron chi connectivity index (χ4n) is 1.77. The maximum atomic E-state index is 11.7. The minimum absolute atomic E-state index is 0.0152. The summed E-state index contributed by atoms with van der Waals surface area (Å²) in [6, 6.07) is 1.65. The third-order valence-corrected chi connectivity index (χ3v) is 3.22. The number of hydrogen-bond acceptors (Lipinski definition) is 3. The van der Waals surface area contributed by atoms with Gasteiger partial charge in [0.1, 0.15) is 5.82 Å². The summed E-state index contributed by atoms with van der Waals surface area (Å²) in [6.45, 7) is 0.578. The fraction of sp³-hybridized carbons (Fsp3) is 0.400. The highest BCUT2D eigenvalue weighted by atomic mass is 35.5. The molecule has 0 radical (unpaired) electrons. The molecule has 1 aliphatic heterocycles. The van der Waals surface area contributed by atoms with Crippen molar-refractivity contribution in [2.45, 2.75) is 6.42 Å². The van der Waals surface area contributed by atoms with E-state index in [2.05, 4.69) is 4.98 Å². The first-order chi connectivity index (χ1) is 7.61. The number of carbonyl (C=O) groups is 1. The molecule has 1 aromatic heterocycles. The number of hydrogen-bond donors (Lipinski definition) is 1. The number of anilines is 2. The summed E-state index contributed by atoms with van der Waals surface area (Å²) in [5.41, 5.74) is 6.30. The first-order valence-electron chi connectivity index (χ1n) is 4.89. The summed E-state index contributed by atoms with van der Waals surface area (Å²) in [5, 5.41) is 0.464. The summed E-state index contributed by atoms with van der Waals surface area (Å²) in [6.07, 6.45) is 1.91. The molecule has 86 valence electrons. The lowest BCUT2D eigenvalue weighted by Gasteiger charge is -2.17. The van der Waals surface area contributed by atoms with E-state index >= 15 is 0 Å². The second kappa shape index (κ2) is 4.47. The van der Waals surface area contributed by atoms with Crippen molar-refractivity contribution in [3.05, 3.63) is 17.3 Å². The molecule has 1 fully saturated rings. The number of carbonyl (C=O) groups excluding carboxylic acids is 1. The van der Waals surface area contributed by atoms with E-state index in [0.29, 0.717) is 35.4 Å². The number of amides is 1. The fourth-order valence-corrected chi connectivity index (χ4v) is 2.13. The Labute approximate surface area is 103 Å². The van der Waals surface area contributed by atoms with Crippen molar-refractivity contribution in [3.8, 4) is 0 Å². The zero-order valence-corrected chi connectivity index (χ0v) is 10.0. The Morgan fingerprint density at radius 3 is 3.00 bits per heavy atom. The van der Waals surface area contributed by atoms with Crippen LogP contribution in [0.4, 0.5) is 11.5 Å². The predicted octanol–water partition coefficient (Wildman–Crippen LogP) is 1.91. The molecule has 0 aromatic carbocycles. The highest BCUT2D eigenvalue weighted by Gasteiger charge is 2.31. The lowest BCUT2D eigenvalue weighted by molar-refractivity contribution is -0.117. The molecule has 1 aromatic rings. The molecule has 6 heteroatoms. The first kappa shape index (κ1) is 11.5. The molecule has 0 spiro atoms. The number of nitrogens with two attached hydrogens (primary N) is 1. The maximum Gasteiger partial charge on any atom is 0.227 e. The first-order valence-corrected chi connectivity index (χ1v) is 5.80. The van der Waals surface area contributed by atoms with Gasteiger partial charge in [0.05, 0.1) is 10.7 Å². The quantitative estimate of drug-likeness (QED) is 0.826. The number of halogens is 2. The van der Waals surface area contributed by atoms with Crippen LogP contribution in [0.2, 0.25) is 5.02 Å². The van der Waals surface area contributed by atoms with Gasteiger partial charge < -0.3 is 10.6 Å². The summed E-state index contributed by atoms with van der Waals surface area (Å²) >= 11 is 11.6. The minimum Gasteiger partial charge on any atom is -0.382 e. The van der Waals surface area contributed by atoms with E-state index in [1.165, 1.54) is 6.20 Å². The van der Waals surface area contributed by atoms with E-state index in [4.69, 9.17) is 28.9 Å². The zero-order valence-electron chi connectivity index (χ0n) is 8.49. The van der Waals surface area contributed by atoms with E-state index in [0.717, 1.165) is 0 Å². The van der Waals surface area contributed by atoms with Crippen molar-refractivity contribution in [2.24, 2.45) is 5.92 Å². The van der Waals surface area contributed by atoms with E-state index < -0.39 is 0 Å². The molecule has 1 unspecified atom stereocenters. The topological polar surface area (TPSA) is 59.2 Å². The van der Waals surface area contributed by atoms with Gasteiger partial charge in [0.2, 0.25) is 5.91 Å². The number of aromatic nitrogens is 1. The maximum absolute atomic E-state index is 11.7. The lowest BCUT2D eigenvalue weighted by Crippen LogP contribution is -2.26. The highest BCUT2D eigenvalue weighted by Crippen LogP contribution is 2.30. The lowest BCUT2D eigenvalue weighted by atomic mass is 10.1. The standard InChI is InChI=1S/C10H11Cl2N3O/c11-3-6-1-9(16)15(5-6)8-2-7(12)4-14-10(8)13/h2,4,6H,1,3,5H2,(H2,13,14). The Kier molecular flexibility index (Phi) is 3.21. The van der Waals surface area contributed by atoms with Gasteiger partial charge in [0.15, 0.2) is 0 Å². The molecule has 2 N–H and O–H groups in total. The van der Waals surface area contributed by atoms with Gasteiger partial charge in [-0.2, -0.15) is 0 Å². The molecule has 1 amide bonds. The smallest absolute Gasteiger partial charge is 0.227 e. The Morgan fingerprint density at radius 2 is 2.38 bits per heavy atom. The van der Waals surface area contributed by atoms with Crippen LogP contribution < -0.4 is 10.6 Å². The summed E-state index contributed by atoms with van der Waals surface area (Å²) < 4.78 is 0. The molecule has 2 rings (SSSR count). The van der Waals surface area contributed by atoms with Crippen LogP contribution >= 0.6 is 23.2 Å². The third-order valence-electron chi connectivity index (χ3n) is 2.58. The molecule has 0 bridgehead atoms. The van der Waals surface area contributed by atoms with Crippen molar-refractivity contribution in [3.63, 3.8) is 0 Å². The number of pyridine rings is 1. The Bertz CT molecular complexity index is 425. The van der Waals surface area contributed by atoms with Crippen molar-refractivity contribution in [2.75, 3.05) is 23.1 Å². The van der Waals surface area contributed by atoms with Gasteiger partial charge in [0, 0.05) is 25.0 Å². The van der Waals surface area contributed by atoms with Crippen LogP contribution in [0.3, 0.4) is 0 Å². The van der Waals surface area contributed by atoms with Gasteiger partial charge in [0.25, 0.3) is 0 Å². The average Bonchev–Trinajstić information content (AvgIpc) is 2.63. The molecular weight excluding hydrogens is 249 g/mol. The molecular formula is C10H11Cl2N3O. The van der Waals surface area contributed by atoms with E-state index in [-0.39, 0.29) is 11.8 Å². The van der Waals surface area contributed by atoms with Crippen LogP contribution in [-0.2, 0) is 4.79 Å². The molecule has 1 atom stereocenters. The Morgan fingerprint density at radius 1 is 1.62 bits per heavy atom. The van der Waals surface area contributed by atoms with Gasteiger partial charge in [-0.15, -0.1) is 11.6 Å². The number of alkyl halides is 1. The van der Waals surface area contributed by atoms with Crippen LogP contribution in [0.15, 0.2) is 12.3 Å². The van der Waals surface area contributed by atoms with Gasteiger partial charge in [-0.25, -0.2) is 4.98 Å². The number of nitrogen functional groups attached to an aromatic ring is 1. The Balaban J connectivity index is 2.30. The molecule has 0 aliphatic carbocycles. The molecule has 1 saturated heterocycles. The monoisotopic (exact) mass is 259 g/mol. The number of nitrogens with zero attached hydrogens (tertiary/aromatic N) is 2. The second-order valence-corrected chi connectivity index (χ2v) is 4.53. The summed E-state index contributed by atoms with van der Waals surface area (Å²) in [4.78, 5) is 17.3. The van der Waals surface area contributed by atoms with Gasteiger partial charge in [-0.3, -0.25) is 4.79 Å². The summed E-state index contributed by atoms with van der Waals surface area (Å²) in [7, 11) is 0. The van der Waals surface area contributed by atoms with Crippen LogP contribution in [0.1, 0.15) is 6.42 Å². The van der Waals surface area contributed by atoms with Gasteiger partial charge in [-0.1, -0.05) is 11.6 Å². The second-order valence-electron chi connectivity index (χ2n) is 3.79. The van der Waals surface area contributed by atoms with Crippen molar-refractivity contribution >= 4 is 40.6 Å². The van der Waals surface area contributed by atoms with Crippen molar-refractivity contribution < 1.29 is 4.79 Å². The average molecular weight is 260 g/mol. The van der Waals surface area contributed by atoms with Crippen LogP contribution in [-0.4, -0.2) is 23.3 Å².